The van der Waals surface area contributed by atoms with Crippen molar-refractivity contribution >= 4 is 33.0 Å². The van der Waals surface area contributed by atoms with Gasteiger partial charge in [0.25, 0.3) is 0 Å². The summed E-state index contributed by atoms with van der Waals surface area (Å²) in [7, 11) is 0. The molecule has 0 spiro atoms. The van der Waals surface area contributed by atoms with Gasteiger partial charge in [0.1, 0.15) is 10.6 Å². The van der Waals surface area contributed by atoms with Crippen molar-refractivity contribution in [2.24, 2.45) is 0 Å². The van der Waals surface area contributed by atoms with Gasteiger partial charge in [0.05, 0.1) is 0 Å². The average Bonchev–Trinajstić information content (AvgIpc) is 2.28. The molecule has 2 aromatic carbocycles. The minimum Gasteiger partial charge on any atom is -0.301 e. The smallest absolute Gasteiger partial charge is 0.140 e. The number of carbonyl (C=O) groups is 1. The summed E-state index contributed by atoms with van der Waals surface area (Å²) < 4.78 is -0.603. The maximum absolute atomic E-state index is 11.0. The van der Waals surface area contributed by atoms with Crippen molar-refractivity contribution in [3.05, 3.63) is 48.0 Å². The van der Waals surface area contributed by atoms with Crippen LogP contribution < -0.4 is 0 Å². The minimum absolute atomic E-state index is 0.603. The summed E-state index contributed by atoms with van der Waals surface area (Å²) in [4.78, 5) is 11.0. The highest BCUT2D eigenvalue weighted by Crippen LogP contribution is 2.33. The van der Waals surface area contributed by atoms with E-state index < -0.39 is 4.32 Å². The summed E-state index contributed by atoms with van der Waals surface area (Å²) in [6, 6.07) is 14.1. The molecule has 76 valence electrons. The summed E-state index contributed by atoms with van der Waals surface area (Å²) in [6.45, 7) is 1.86. The molecule has 2 heteroatoms. The van der Waals surface area contributed by atoms with Gasteiger partial charge in [-0.3, -0.25) is 0 Å². The molecule has 1 unspecified atom stereocenters. The number of hydrogen-bond acceptors (Lipinski definition) is 1. The predicted molar refractivity (Wildman–Crippen MR) is 66.3 cm³/mol. The minimum atomic E-state index is -0.603. The van der Waals surface area contributed by atoms with Crippen LogP contribution in [0, 0.1) is 0 Å². The molecule has 0 aromatic heterocycles. The van der Waals surface area contributed by atoms with Crippen LogP contribution in [0.4, 0.5) is 0 Å². The molecule has 0 heterocycles. The second-order valence-electron chi connectivity index (χ2n) is 3.72. The first kappa shape index (κ1) is 10.4. The molecular weight excluding hydrogens is 252 g/mol. The Morgan fingerprint density at radius 3 is 2.53 bits per heavy atom. The van der Waals surface area contributed by atoms with E-state index in [2.05, 4.69) is 15.9 Å². The Hall–Kier alpha value is -1.15. The van der Waals surface area contributed by atoms with Crippen LogP contribution >= 0.6 is 15.9 Å². The van der Waals surface area contributed by atoms with E-state index in [1.54, 1.807) is 0 Å². The highest BCUT2D eigenvalue weighted by Gasteiger charge is 2.23. The third kappa shape index (κ3) is 1.82. The van der Waals surface area contributed by atoms with E-state index >= 15 is 0 Å². The second kappa shape index (κ2) is 3.78. The molecule has 0 saturated heterocycles. The van der Waals surface area contributed by atoms with Gasteiger partial charge in [0, 0.05) is 0 Å². The molecule has 2 rings (SSSR count). The molecule has 1 nitrogen and oxygen atoms in total. The molecule has 0 N–H and O–H groups in total. The quantitative estimate of drug-likeness (QED) is 0.597. The van der Waals surface area contributed by atoms with Crippen LogP contribution in [0.2, 0.25) is 0 Å². The van der Waals surface area contributed by atoms with Gasteiger partial charge in [-0.05, 0) is 23.3 Å². The van der Waals surface area contributed by atoms with Crippen molar-refractivity contribution < 1.29 is 4.79 Å². The van der Waals surface area contributed by atoms with E-state index in [-0.39, 0.29) is 0 Å². The first-order valence-corrected chi connectivity index (χ1v) is 5.58. The Labute approximate surface area is 97.2 Å². The summed E-state index contributed by atoms with van der Waals surface area (Å²) >= 11 is 3.44. The van der Waals surface area contributed by atoms with Gasteiger partial charge >= 0.3 is 0 Å². The van der Waals surface area contributed by atoms with E-state index in [9.17, 15) is 4.79 Å². The normalized spacial score (nSPS) is 14.8. The highest BCUT2D eigenvalue weighted by atomic mass is 79.9. The molecule has 0 radical (unpaired) electrons. The van der Waals surface area contributed by atoms with E-state index in [1.807, 2.05) is 49.4 Å². The zero-order chi connectivity index (χ0) is 10.9. The fourth-order valence-electron chi connectivity index (χ4n) is 1.72. The van der Waals surface area contributed by atoms with Gasteiger partial charge < -0.3 is 4.79 Å². The van der Waals surface area contributed by atoms with Crippen molar-refractivity contribution in [2.45, 2.75) is 11.2 Å². The molecule has 2 aromatic rings. The van der Waals surface area contributed by atoms with Crippen molar-refractivity contribution in [1.82, 2.24) is 0 Å². The van der Waals surface area contributed by atoms with Crippen LogP contribution in [0.15, 0.2) is 42.5 Å². The summed E-state index contributed by atoms with van der Waals surface area (Å²) in [5.74, 6) is 0. The van der Waals surface area contributed by atoms with Gasteiger partial charge in [-0.15, -0.1) is 0 Å². The first-order chi connectivity index (χ1) is 7.15. The number of fused-ring (bicyclic) bond motifs is 1. The zero-order valence-electron chi connectivity index (χ0n) is 8.41. The molecule has 15 heavy (non-hydrogen) atoms. The SMILES string of the molecule is CC(Br)(C=O)c1cccc2ccccc12. The number of rotatable bonds is 2. The van der Waals surface area contributed by atoms with Crippen molar-refractivity contribution in [2.75, 3.05) is 0 Å². The van der Waals surface area contributed by atoms with Gasteiger partial charge in [0.15, 0.2) is 0 Å². The second-order valence-corrected chi connectivity index (χ2v) is 5.37. The number of benzene rings is 2. The molecule has 0 amide bonds. The van der Waals surface area contributed by atoms with Crippen molar-refractivity contribution in [1.29, 1.82) is 0 Å². The van der Waals surface area contributed by atoms with E-state index in [1.165, 1.54) is 0 Å². The first-order valence-electron chi connectivity index (χ1n) is 4.78. The lowest BCUT2D eigenvalue weighted by Crippen LogP contribution is -2.14. The molecule has 0 saturated carbocycles. The lowest BCUT2D eigenvalue weighted by molar-refractivity contribution is -0.109. The van der Waals surface area contributed by atoms with E-state index in [4.69, 9.17) is 0 Å². The molecule has 0 aliphatic heterocycles. The van der Waals surface area contributed by atoms with Crippen LogP contribution in [0.3, 0.4) is 0 Å². The molecule has 0 aliphatic carbocycles. The van der Waals surface area contributed by atoms with Crippen molar-refractivity contribution in [3.8, 4) is 0 Å². The Bertz CT molecular complexity index is 497. The van der Waals surface area contributed by atoms with E-state index in [0.717, 1.165) is 22.6 Å². The lowest BCUT2D eigenvalue weighted by Gasteiger charge is -2.17. The van der Waals surface area contributed by atoms with Gasteiger partial charge in [-0.1, -0.05) is 58.4 Å². The Kier molecular flexibility index (Phi) is 2.61. The van der Waals surface area contributed by atoms with Crippen molar-refractivity contribution in [3.63, 3.8) is 0 Å². The molecule has 0 aliphatic rings. The molecule has 0 bridgehead atoms. The maximum Gasteiger partial charge on any atom is 0.140 e. The number of alkyl halides is 1. The number of carbonyl (C=O) groups excluding carboxylic acids is 1. The van der Waals surface area contributed by atoms with Crippen LogP contribution in [-0.4, -0.2) is 6.29 Å². The number of aldehydes is 1. The van der Waals surface area contributed by atoms with Gasteiger partial charge in [-0.25, -0.2) is 0 Å². The Balaban J connectivity index is 2.76. The Morgan fingerprint density at radius 1 is 1.13 bits per heavy atom. The van der Waals surface area contributed by atoms with Crippen LogP contribution in [0.25, 0.3) is 10.8 Å². The predicted octanol–water partition coefficient (Wildman–Crippen LogP) is 3.65. The highest BCUT2D eigenvalue weighted by molar-refractivity contribution is 9.10. The van der Waals surface area contributed by atoms with E-state index in [0.29, 0.717) is 0 Å². The lowest BCUT2D eigenvalue weighted by atomic mass is 9.96. The van der Waals surface area contributed by atoms with Gasteiger partial charge in [0.2, 0.25) is 0 Å². The largest absolute Gasteiger partial charge is 0.301 e. The fraction of sp³-hybridized carbons (Fsp3) is 0.154. The fourth-order valence-corrected chi connectivity index (χ4v) is 2.06. The maximum atomic E-state index is 11.0. The van der Waals surface area contributed by atoms with Crippen LogP contribution in [0.1, 0.15) is 12.5 Å². The third-order valence-corrected chi connectivity index (χ3v) is 3.15. The van der Waals surface area contributed by atoms with Gasteiger partial charge in [-0.2, -0.15) is 0 Å². The molecule has 0 fully saturated rings. The standard InChI is InChI=1S/C13H11BrO/c1-13(14,9-15)12-8-4-6-10-5-2-3-7-11(10)12/h2-9H,1H3. The topological polar surface area (TPSA) is 17.1 Å². The van der Waals surface area contributed by atoms with Crippen LogP contribution in [0.5, 0.6) is 0 Å². The molecule has 1 atom stereocenters. The summed E-state index contributed by atoms with van der Waals surface area (Å²) in [5, 5.41) is 2.27. The Morgan fingerprint density at radius 2 is 1.80 bits per heavy atom. The number of hydrogen-bond donors (Lipinski definition) is 0. The molecular formula is C13H11BrO. The zero-order valence-corrected chi connectivity index (χ0v) is 9.99. The average molecular weight is 263 g/mol. The third-order valence-electron chi connectivity index (χ3n) is 2.54. The summed E-state index contributed by atoms with van der Waals surface area (Å²) in [5.41, 5.74) is 1.01. The number of halogens is 1. The van der Waals surface area contributed by atoms with Crippen LogP contribution in [-0.2, 0) is 9.12 Å². The monoisotopic (exact) mass is 262 g/mol. The summed E-state index contributed by atoms with van der Waals surface area (Å²) in [6.07, 6.45) is 0.925.